The number of aliphatic hydroxyl groups is 3. The summed E-state index contributed by atoms with van der Waals surface area (Å²) in [6.07, 6.45) is 0. The van der Waals surface area contributed by atoms with Crippen LogP contribution in [0, 0.1) is 10.1 Å². The zero-order valence-corrected chi connectivity index (χ0v) is 10.5. The number of rotatable bonds is 7. The van der Waals surface area contributed by atoms with Gasteiger partial charge in [0.05, 0.1) is 24.7 Å². The summed E-state index contributed by atoms with van der Waals surface area (Å²) in [6, 6.07) is 4.55. The maximum Gasteiger partial charge on any atom is 0.315 e. The van der Waals surface area contributed by atoms with Gasteiger partial charge in [-0.3, -0.25) is 10.1 Å². The van der Waals surface area contributed by atoms with Crippen LogP contribution < -0.4 is 10.6 Å². The predicted molar refractivity (Wildman–Crippen MR) is 70.3 cm³/mol. The lowest BCUT2D eigenvalue weighted by atomic mass is 10.0. The first-order valence-electron chi connectivity index (χ1n) is 5.59. The number of nitro groups is 1. The Kier molecular flexibility index (Phi) is 5.04. The van der Waals surface area contributed by atoms with E-state index in [9.17, 15) is 25.4 Å². The quantitative estimate of drug-likeness (QED) is 0.342. The number of anilines is 2. The summed E-state index contributed by atoms with van der Waals surface area (Å²) in [6.45, 7) is -1.71. The first-order chi connectivity index (χ1) is 9.03. The van der Waals surface area contributed by atoms with E-state index in [0.717, 1.165) is 0 Å². The minimum Gasteiger partial charge on any atom is -0.394 e. The van der Waals surface area contributed by atoms with Crippen LogP contribution in [0.3, 0.4) is 0 Å². The van der Waals surface area contributed by atoms with Gasteiger partial charge in [-0.05, 0) is 12.1 Å². The molecule has 0 amide bonds. The lowest BCUT2D eigenvalue weighted by Gasteiger charge is -2.29. The molecule has 1 rings (SSSR count). The van der Waals surface area contributed by atoms with Crippen LogP contribution in [0.25, 0.3) is 0 Å². The summed E-state index contributed by atoms with van der Waals surface area (Å²) in [5.74, 6) is 0. The lowest BCUT2D eigenvalue weighted by molar-refractivity contribution is -0.383. The van der Waals surface area contributed by atoms with Gasteiger partial charge in [0.2, 0.25) is 0 Å². The number of benzene rings is 1. The molecule has 8 nitrogen and oxygen atoms in total. The first-order valence-corrected chi connectivity index (χ1v) is 5.59. The molecule has 106 valence electrons. The Morgan fingerprint density at radius 1 is 1.21 bits per heavy atom. The summed E-state index contributed by atoms with van der Waals surface area (Å²) in [4.78, 5) is 10.5. The number of hydrogen-bond acceptors (Lipinski definition) is 7. The molecule has 19 heavy (non-hydrogen) atoms. The van der Waals surface area contributed by atoms with Crippen LogP contribution in [0.15, 0.2) is 18.2 Å². The summed E-state index contributed by atoms with van der Waals surface area (Å²) in [7, 11) is 1.55. The van der Waals surface area contributed by atoms with Crippen molar-refractivity contribution in [1.82, 2.24) is 0 Å². The molecule has 0 aliphatic heterocycles. The molecule has 1 aromatic carbocycles. The highest BCUT2D eigenvalue weighted by atomic mass is 16.6. The average Bonchev–Trinajstić information content (AvgIpc) is 2.44. The second kappa shape index (κ2) is 6.32. The summed E-state index contributed by atoms with van der Waals surface area (Å²) < 4.78 is 0. The van der Waals surface area contributed by atoms with E-state index in [1.165, 1.54) is 12.1 Å². The molecule has 0 saturated carbocycles. The van der Waals surface area contributed by atoms with E-state index in [1.807, 2.05) is 0 Å². The SMILES string of the molecule is CNc1cccc(NC(CO)(CO)CO)c1[N+](=O)[O-]. The van der Waals surface area contributed by atoms with E-state index in [4.69, 9.17) is 0 Å². The zero-order valence-electron chi connectivity index (χ0n) is 10.5. The minimum absolute atomic E-state index is 0.106. The number of para-hydroxylation sites is 1. The standard InChI is InChI=1S/C11H17N3O5/c1-12-8-3-2-4-9(10(8)14(18)19)13-11(5-15,6-16)7-17/h2-4,12-13,15-17H,5-7H2,1H3. The molecule has 0 aliphatic carbocycles. The van der Waals surface area contributed by atoms with Gasteiger partial charge in [-0.25, -0.2) is 0 Å². The van der Waals surface area contributed by atoms with Crippen molar-refractivity contribution < 1.29 is 20.2 Å². The van der Waals surface area contributed by atoms with Crippen LogP contribution >= 0.6 is 0 Å². The molecule has 0 radical (unpaired) electrons. The number of nitro benzene ring substituents is 1. The van der Waals surface area contributed by atoms with Gasteiger partial charge in [0.25, 0.3) is 0 Å². The molecule has 0 heterocycles. The molecule has 0 saturated heterocycles. The van der Waals surface area contributed by atoms with E-state index in [1.54, 1.807) is 13.1 Å². The van der Waals surface area contributed by atoms with Crippen LogP contribution in [0.2, 0.25) is 0 Å². The highest BCUT2D eigenvalue weighted by Crippen LogP contribution is 2.34. The van der Waals surface area contributed by atoms with Crippen LogP contribution in [0.1, 0.15) is 0 Å². The van der Waals surface area contributed by atoms with Crippen LogP contribution in [0.4, 0.5) is 17.1 Å². The number of aliphatic hydroxyl groups excluding tert-OH is 3. The summed E-state index contributed by atoms with van der Waals surface area (Å²) in [5.41, 5.74) is -1.24. The molecule has 8 heteroatoms. The first kappa shape index (κ1) is 15.2. The number of hydrogen-bond donors (Lipinski definition) is 5. The second-order valence-electron chi connectivity index (χ2n) is 4.09. The normalized spacial score (nSPS) is 11.2. The maximum atomic E-state index is 11.1. The van der Waals surface area contributed by atoms with Gasteiger partial charge in [-0.2, -0.15) is 0 Å². The van der Waals surface area contributed by atoms with Crippen LogP contribution in [-0.2, 0) is 0 Å². The fraction of sp³-hybridized carbons (Fsp3) is 0.455. The Balaban J connectivity index is 3.23. The smallest absolute Gasteiger partial charge is 0.315 e. The molecule has 1 aromatic rings. The van der Waals surface area contributed by atoms with Gasteiger partial charge in [0, 0.05) is 7.05 Å². The molecule has 0 aliphatic rings. The van der Waals surface area contributed by atoms with E-state index < -0.39 is 30.3 Å². The lowest BCUT2D eigenvalue weighted by Crippen LogP contribution is -2.49. The highest BCUT2D eigenvalue weighted by Gasteiger charge is 2.31. The van der Waals surface area contributed by atoms with Crippen molar-refractivity contribution in [2.24, 2.45) is 0 Å². The zero-order chi connectivity index (χ0) is 14.5. The fourth-order valence-corrected chi connectivity index (χ4v) is 1.60. The molecule has 0 atom stereocenters. The van der Waals surface area contributed by atoms with Gasteiger partial charge in [-0.1, -0.05) is 6.07 Å². The largest absolute Gasteiger partial charge is 0.394 e. The third-order valence-electron chi connectivity index (χ3n) is 2.80. The number of nitrogens with one attached hydrogen (secondary N) is 2. The average molecular weight is 271 g/mol. The van der Waals surface area contributed by atoms with E-state index in [2.05, 4.69) is 10.6 Å². The third kappa shape index (κ3) is 3.11. The minimum atomic E-state index is -1.42. The van der Waals surface area contributed by atoms with Gasteiger partial charge in [-0.15, -0.1) is 0 Å². The van der Waals surface area contributed by atoms with Gasteiger partial charge in [0.15, 0.2) is 0 Å². The molecule has 0 aromatic heterocycles. The fourth-order valence-electron chi connectivity index (χ4n) is 1.60. The topological polar surface area (TPSA) is 128 Å². The van der Waals surface area contributed by atoms with Gasteiger partial charge < -0.3 is 26.0 Å². The van der Waals surface area contributed by atoms with Crippen molar-refractivity contribution in [2.75, 3.05) is 37.5 Å². The highest BCUT2D eigenvalue weighted by molar-refractivity contribution is 5.76. The molecule has 0 bridgehead atoms. The summed E-state index contributed by atoms with van der Waals surface area (Å²) in [5, 5.41) is 44.1. The predicted octanol–water partition coefficient (Wildman–Crippen LogP) is -0.236. The van der Waals surface area contributed by atoms with E-state index in [-0.39, 0.29) is 17.1 Å². The van der Waals surface area contributed by atoms with E-state index in [0.29, 0.717) is 0 Å². The molecule has 0 spiro atoms. The third-order valence-corrected chi connectivity index (χ3v) is 2.80. The van der Waals surface area contributed by atoms with Crippen molar-refractivity contribution >= 4 is 17.1 Å². The molecule has 5 N–H and O–H groups in total. The van der Waals surface area contributed by atoms with Crippen molar-refractivity contribution in [1.29, 1.82) is 0 Å². The number of nitrogens with zero attached hydrogens (tertiary/aromatic N) is 1. The Morgan fingerprint density at radius 3 is 2.16 bits per heavy atom. The van der Waals surface area contributed by atoms with E-state index >= 15 is 0 Å². The van der Waals surface area contributed by atoms with Crippen LogP contribution in [0.5, 0.6) is 0 Å². The van der Waals surface area contributed by atoms with Crippen molar-refractivity contribution in [3.05, 3.63) is 28.3 Å². The molecular formula is C11H17N3O5. The molecule has 0 fully saturated rings. The molecule has 0 unspecified atom stereocenters. The Hall–Kier alpha value is -1.90. The Morgan fingerprint density at radius 2 is 1.74 bits per heavy atom. The van der Waals surface area contributed by atoms with Gasteiger partial charge >= 0.3 is 5.69 Å². The molecular weight excluding hydrogens is 254 g/mol. The van der Waals surface area contributed by atoms with Crippen LogP contribution in [-0.4, -0.2) is 52.7 Å². The monoisotopic (exact) mass is 271 g/mol. The second-order valence-corrected chi connectivity index (χ2v) is 4.09. The summed E-state index contributed by atoms with van der Waals surface area (Å²) >= 11 is 0. The Labute approximate surface area is 109 Å². The van der Waals surface area contributed by atoms with Gasteiger partial charge in [0.1, 0.15) is 16.9 Å². The Bertz CT molecular complexity index is 440. The van der Waals surface area contributed by atoms with Crippen molar-refractivity contribution in [3.8, 4) is 0 Å². The van der Waals surface area contributed by atoms with Crippen molar-refractivity contribution in [3.63, 3.8) is 0 Å². The van der Waals surface area contributed by atoms with Crippen molar-refractivity contribution in [2.45, 2.75) is 5.54 Å². The maximum absolute atomic E-state index is 11.1.